The second kappa shape index (κ2) is 7.40. The van der Waals surface area contributed by atoms with Crippen LogP contribution >= 0.6 is 0 Å². The Hall–Kier alpha value is -1.40. The molecule has 0 spiro atoms. The number of carbonyl (C=O) groups is 1. The molecule has 0 heterocycles. The molecule has 0 aliphatic heterocycles. The minimum absolute atomic E-state index is 0.0892. The van der Waals surface area contributed by atoms with Gasteiger partial charge in [0.2, 0.25) is 0 Å². The van der Waals surface area contributed by atoms with Crippen LogP contribution in [0.15, 0.2) is 29.2 Å². The molecule has 0 aliphatic rings. The quantitative estimate of drug-likeness (QED) is 0.743. The van der Waals surface area contributed by atoms with Crippen molar-refractivity contribution in [3.63, 3.8) is 0 Å². The lowest BCUT2D eigenvalue weighted by atomic mass is 10.2. The lowest BCUT2D eigenvalue weighted by molar-refractivity contribution is 0.0949. The maximum Gasteiger partial charge on any atom is 0.252 e. The summed E-state index contributed by atoms with van der Waals surface area (Å²) >= 11 is 0. The van der Waals surface area contributed by atoms with Crippen LogP contribution in [0.3, 0.4) is 0 Å². The number of carbonyl (C=O) groups excluding carboxylic acids is 1. The molecule has 0 atom stereocenters. The highest BCUT2D eigenvalue weighted by Gasteiger charge is 2.24. The topological polar surface area (TPSA) is 89.3 Å². The summed E-state index contributed by atoms with van der Waals surface area (Å²) in [5, 5.41) is 2.16. The van der Waals surface area contributed by atoms with Gasteiger partial charge in [-0.1, -0.05) is 12.1 Å². The monoisotopic (exact) mass is 298 g/mol. The zero-order valence-electron chi connectivity index (χ0n) is 11.9. The van der Waals surface area contributed by atoms with Crippen LogP contribution in [-0.2, 0) is 9.84 Å². The van der Waals surface area contributed by atoms with Crippen LogP contribution in [0.2, 0.25) is 0 Å². The molecule has 0 saturated carbocycles. The van der Waals surface area contributed by atoms with E-state index >= 15 is 0 Å². The van der Waals surface area contributed by atoms with E-state index < -0.39 is 15.1 Å². The molecule has 0 unspecified atom stereocenters. The van der Waals surface area contributed by atoms with E-state index in [0.717, 1.165) is 12.8 Å². The van der Waals surface area contributed by atoms with Crippen LogP contribution in [0.1, 0.15) is 37.0 Å². The number of hydrogen-bond donors (Lipinski definition) is 2. The fraction of sp³-hybridized carbons (Fsp3) is 0.500. The van der Waals surface area contributed by atoms with Gasteiger partial charge in [-0.15, -0.1) is 0 Å². The molecule has 0 aromatic heterocycles. The van der Waals surface area contributed by atoms with Crippen molar-refractivity contribution in [3.05, 3.63) is 29.8 Å². The molecule has 112 valence electrons. The minimum atomic E-state index is -3.47. The molecular weight excluding hydrogens is 276 g/mol. The van der Waals surface area contributed by atoms with Gasteiger partial charge in [0.05, 0.1) is 15.7 Å². The maximum absolute atomic E-state index is 12.2. The maximum atomic E-state index is 12.2. The highest BCUT2D eigenvalue weighted by molar-refractivity contribution is 7.92. The first kappa shape index (κ1) is 16.7. The predicted molar refractivity (Wildman–Crippen MR) is 79.4 cm³/mol. The van der Waals surface area contributed by atoms with Crippen molar-refractivity contribution < 1.29 is 13.2 Å². The standard InChI is InChI=1S/C14H22N2O3S/c1-11(2)20(18,19)13-8-4-3-7-12(13)14(17)16-10-6-5-9-15/h3-4,7-8,11H,5-6,9-10,15H2,1-2H3,(H,16,17). The van der Waals surface area contributed by atoms with Crippen molar-refractivity contribution in [1.82, 2.24) is 5.32 Å². The lowest BCUT2D eigenvalue weighted by Crippen LogP contribution is -2.27. The second-order valence-electron chi connectivity index (χ2n) is 4.84. The average molecular weight is 298 g/mol. The van der Waals surface area contributed by atoms with E-state index in [0.29, 0.717) is 13.1 Å². The van der Waals surface area contributed by atoms with Gasteiger partial charge in [0, 0.05) is 6.54 Å². The van der Waals surface area contributed by atoms with Crippen molar-refractivity contribution in [2.75, 3.05) is 13.1 Å². The van der Waals surface area contributed by atoms with Crippen molar-refractivity contribution >= 4 is 15.7 Å². The van der Waals surface area contributed by atoms with Crippen LogP contribution in [0.5, 0.6) is 0 Å². The summed E-state index contributed by atoms with van der Waals surface area (Å²) in [4.78, 5) is 12.2. The Kier molecular flexibility index (Phi) is 6.16. The van der Waals surface area contributed by atoms with Crippen LogP contribution in [0, 0.1) is 0 Å². The second-order valence-corrected chi connectivity index (χ2v) is 7.31. The SMILES string of the molecule is CC(C)S(=O)(=O)c1ccccc1C(=O)NCCCCN. The van der Waals surface area contributed by atoms with Gasteiger partial charge < -0.3 is 11.1 Å². The third-order valence-corrected chi connectivity index (χ3v) is 5.19. The summed E-state index contributed by atoms with van der Waals surface area (Å²) in [6, 6.07) is 6.30. The number of amides is 1. The lowest BCUT2D eigenvalue weighted by Gasteiger charge is -2.12. The zero-order chi connectivity index (χ0) is 15.2. The summed E-state index contributed by atoms with van der Waals surface area (Å²) in [6.07, 6.45) is 1.60. The van der Waals surface area contributed by atoms with Gasteiger partial charge >= 0.3 is 0 Å². The van der Waals surface area contributed by atoms with E-state index in [1.807, 2.05) is 0 Å². The Morgan fingerprint density at radius 1 is 1.25 bits per heavy atom. The smallest absolute Gasteiger partial charge is 0.252 e. The Balaban J connectivity index is 2.94. The van der Waals surface area contributed by atoms with E-state index in [1.165, 1.54) is 12.1 Å². The Morgan fingerprint density at radius 3 is 2.50 bits per heavy atom. The summed E-state index contributed by atoms with van der Waals surface area (Å²) in [6.45, 7) is 4.27. The van der Waals surface area contributed by atoms with Gasteiger partial charge in [0.1, 0.15) is 0 Å². The molecule has 0 fully saturated rings. The largest absolute Gasteiger partial charge is 0.352 e. The van der Waals surface area contributed by atoms with Crippen molar-refractivity contribution in [2.45, 2.75) is 36.8 Å². The fourth-order valence-electron chi connectivity index (χ4n) is 1.72. The molecule has 1 rings (SSSR count). The first-order valence-electron chi connectivity index (χ1n) is 6.72. The molecule has 20 heavy (non-hydrogen) atoms. The van der Waals surface area contributed by atoms with Gasteiger partial charge in [0.15, 0.2) is 9.84 Å². The third-order valence-electron chi connectivity index (χ3n) is 2.98. The third kappa shape index (κ3) is 4.05. The molecule has 0 bridgehead atoms. The van der Waals surface area contributed by atoms with E-state index in [1.54, 1.807) is 26.0 Å². The van der Waals surface area contributed by atoms with Gasteiger partial charge in [-0.3, -0.25) is 4.79 Å². The molecule has 5 nitrogen and oxygen atoms in total. The molecule has 0 saturated heterocycles. The molecule has 0 radical (unpaired) electrons. The number of nitrogens with one attached hydrogen (secondary N) is 1. The van der Waals surface area contributed by atoms with Crippen molar-refractivity contribution in [3.8, 4) is 0 Å². The van der Waals surface area contributed by atoms with E-state index in [-0.39, 0.29) is 16.4 Å². The molecule has 0 aliphatic carbocycles. The van der Waals surface area contributed by atoms with Gasteiger partial charge in [-0.05, 0) is 45.4 Å². The van der Waals surface area contributed by atoms with E-state index in [9.17, 15) is 13.2 Å². The summed E-state index contributed by atoms with van der Waals surface area (Å²) < 4.78 is 24.5. The number of sulfone groups is 1. The van der Waals surface area contributed by atoms with E-state index in [2.05, 4.69) is 5.32 Å². The van der Waals surface area contributed by atoms with Crippen LogP contribution in [-0.4, -0.2) is 32.7 Å². The molecule has 1 aromatic rings. The predicted octanol–water partition coefficient (Wildman–Crippen LogP) is 1.34. The summed E-state index contributed by atoms with van der Waals surface area (Å²) in [7, 11) is -3.47. The molecule has 1 aromatic carbocycles. The number of benzene rings is 1. The van der Waals surface area contributed by atoms with Crippen LogP contribution in [0.4, 0.5) is 0 Å². The van der Waals surface area contributed by atoms with Gasteiger partial charge in [0.25, 0.3) is 5.91 Å². The molecule has 1 amide bonds. The summed E-state index contributed by atoms with van der Waals surface area (Å²) in [5.74, 6) is -0.359. The Labute approximate surface area is 120 Å². The number of unbranched alkanes of at least 4 members (excludes halogenated alkanes) is 1. The summed E-state index contributed by atoms with van der Waals surface area (Å²) in [5.41, 5.74) is 5.58. The van der Waals surface area contributed by atoms with Crippen LogP contribution < -0.4 is 11.1 Å². The fourth-order valence-corrected chi connectivity index (χ4v) is 2.97. The van der Waals surface area contributed by atoms with Gasteiger partial charge in [-0.2, -0.15) is 0 Å². The highest BCUT2D eigenvalue weighted by Crippen LogP contribution is 2.20. The average Bonchev–Trinajstić information content (AvgIpc) is 2.43. The molecule has 3 N–H and O–H groups in total. The molecule has 6 heteroatoms. The molecular formula is C14H22N2O3S. The van der Waals surface area contributed by atoms with Crippen molar-refractivity contribution in [1.29, 1.82) is 0 Å². The van der Waals surface area contributed by atoms with Crippen LogP contribution in [0.25, 0.3) is 0 Å². The van der Waals surface area contributed by atoms with Gasteiger partial charge in [-0.25, -0.2) is 8.42 Å². The Bertz CT molecular complexity index is 553. The first-order valence-corrected chi connectivity index (χ1v) is 8.27. The Morgan fingerprint density at radius 2 is 1.90 bits per heavy atom. The number of nitrogens with two attached hydrogens (primary N) is 1. The number of rotatable bonds is 7. The normalized spacial score (nSPS) is 11.6. The first-order chi connectivity index (χ1) is 9.41. The highest BCUT2D eigenvalue weighted by atomic mass is 32.2. The van der Waals surface area contributed by atoms with Crippen molar-refractivity contribution in [2.24, 2.45) is 5.73 Å². The zero-order valence-corrected chi connectivity index (χ0v) is 12.7. The van der Waals surface area contributed by atoms with E-state index in [4.69, 9.17) is 5.73 Å². The number of hydrogen-bond acceptors (Lipinski definition) is 4. The minimum Gasteiger partial charge on any atom is -0.352 e.